The van der Waals surface area contributed by atoms with E-state index in [-0.39, 0.29) is 0 Å². The van der Waals surface area contributed by atoms with Crippen molar-refractivity contribution in [3.63, 3.8) is 0 Å². The van der Waals surface area contributed by atoms with Crippen LogP contribution < -0.4 is 0 Å². The fraction of sp³-hybridized carbons (Fsp3) is 1.00. The molecule has 4 rings (SSSR count). The number of hydrogen-bond acceptors (Lipinski definition) is 1. The molecule has 1 nitrogen and oxygen atoms in total. The van der Waals surface area contributed by atoms with Crippen LogP contribution in [0.3, 0.4) is 0 Å². The van der Waals surface area contributed by atoms with E-state index in [4.69, 9.17) is 4.74 Å². The molecule has 4 saturated carbocycles. The fourth-order valence-electron chi connectivity index (χ4n) is 9.81. The molecule has 4 aliphatic carbocycles. The molecular formula is C29H52O. The fourth-order valence-corrected chi connectivity index (χ4v) is 9.81. The first kappa shape index (κ1) is 23.1. The zero-order valence-corrected chi connectivity index (χ0v) is 21.4. The summed E-state index contributed by atoms with van der Waals surface area (Å²) in [5.74, 6) is 5.77. The van der Waals surface area contributed by atoms with Crippen molar-refractivity contribution in [1.82, 2.24) is 0 Å². The number of fused-ring (bicyclic) bond motifs is 5. The molecule has 0 aromatic carbocycles. The molecule has 0 saturated heterocycles. The van der Waals surface area contributed by atoms with Gasteiger partial charge in [-0.1, -0.05) is 60.8 Å². The molecule has 0 N–H and O–H groups in total. The van der Waals surface area contributed by atoms with Gasteiger partial charge in [-0.25, -0.2) is 0 Å². The van der Waals surface area contributed by atoms with E-state index in [9.17, 15) is 0 Å². The van der Waals surface area contributed by atoms with E-state index in [1.165, 1.54) is 77.0 Å². The Morgan fingerprint density at radius 3 is 2.30 bits per heavy atom. The lowest BCUT2D eigenvalue weighted by molar-refractivity contribution is -0.174. The van der Waals surface area contributed by atoms with Crippen molar-refractivity contribution in [2.45, 2.75) is 125 Å². The summed E-state index contributed by atoms with van der Waals surface area (Å²) in [6, 6.07) is 0. The number of rotatable bonds is 6. The average molecular weight is 417 g/mol. The highest BCUT2D eigenvalue weighted by Gasteiger charge is 2.63. The minimum absolute atomic E-state index is 0.503. The first-order valence-electron chi connectivity index (χ1n) is 13.7. The minimum Gasteiger partial charge on any atom is -0.381 e. The average Bonchev–Trinajstić information content (AvgIpc) is 3.05. The molecule has 0 aromatic rings. The zero-order chi connectivity index (χ0) is 21.7. The highest BCUT2D eigenvalue weighted by atomic mass is 16.5. The molecule has 30 heavy (non-hydrogen) atoms. The van der Waals surface area contributed by atoms with Crippen LogP contribution in [0.2, 0.25) is 0 Å². The molecule has 0 radical (unpaired) electrons. The number of hydrogen-bond donors (Lipinski definition) is 0. The van der Waals surface area contributed by atoms with Crippen LogP contribution in [0.4, 0.5) is 0 Å². The zero-order valence-electron chi connectivity index (χ0n) is 21.4. The summed E-state index contributed by atoms with van der Waals surface area (Å²) in [6.07, 6.45) is 17.9. The Bertz CT molecular complexity index is 597. The van der Waals surface area contributed by atoms with Crippen LogP contribution in [-0.4, -0.2) is 13.2 Å². The third-order valence-electron chi connectivity index (χ3n) is 11.9. The summed E-state index contributed by atoms with van der Waals surface area (Å²) in [5.41, 5.74) is 1.68. The Balaban J connectivity index is 1.48. The first-order chi connectivity index (χ1) is 14.1. The summed E-state index contributed by atoms with van der Waals surface area (Å²) >= 11 is 0. The van der Waals surface area contributed by atoms with Crippen molar-refractivity contribution in [1.29, 1.82) is 0 Å². The quantitative estimate of drug-likeness (QED) is 0.421. The van der Waals surface area contributed by atoms with Crippen LogP contribution >= 0.6 is 0 Å². The van der Waals surface area contributed by atoms with E-state index in [2.05, 4.69) is 41.5 Å². The Morgan fingerprint density at radius 2 is 1.60 bits per heavy atom. The maximum Gasteiger partial charge on any atom is 0.0577 e. The van der Waals surface area contributed by atoms with Gasteiger partial charge in [0.2, 0.25) is 0 Å². The maximum atomic E-state index is 5.86. The van der Waals surface area contributed by atoms with Crippen LogP contribution in [0.25, 0.3) is 0 Å². The lowest BCUT2D eigenvalue weighted by atomic mass is 9.40. The van der Waals surface area contributed by atoms with Crippen molar-refractivity contribution in [2.24, 2.45) is 51.8 Å². The van der Waals surface area contributed by atoms with Gasteiger partial charge in [0.25, 0.3) is 0 Å². The summed E-state index contributed by atoms with van der Waals surface area (Å²) < 4.78 is 5.86. The van der Waals surface area contributed by atoms with Gasteiger partial charge in [0.05, 0.1) is 6.10 Å². The number of methoxy groups -OCH3 is 1. The molecule has 0 amide bonds. The normalized spacial score (nSPS) is 49.4. The smallest absolute Gasteiger partial charge is 0.0577 e. The molecule has 0 aliphatic heterocycles. The molecule has 0 aromatic heterocycles. The van der Waals surface area contributed by atoms with E-state index >= 15 is 0 Å². The molecule has 0 spiro atoms. The van der Waals surface area contributed by atoms with Gasteiger partial charge >= 0.3 is 0 Å². The summed E-state index contributed by atoms with van der Waals surface area (Å²) in [7, 11) is 1.94. The Morgan fingerprint density at radius 1 is 0.833 bits per heavy atom. The van der Waals surface area contributed by atoms with Gasteiger partial charge in [0.15, 0.2) is 0 Å². The summed E-state index contributed by atoms with van der Waals surface area (Å²) in [4.78, 5) is 0. The SMILES string of the molecule is COC1CCC2(C)C3CCC4(C)C(C(C)CCCC(C)C)CCC4C3CCC2(C)C1. The molecule has 0 bridgehead atoms. The van der Waals surface area contributed by atoms with E-state index in [1.54, 1.807) is 0 Å². The van der Waals surface area contributed by atoms with Crippen LogP contribution in [0.15, 0.2) is 0 Å². The molecule has 1 heteroatoms. The van der Waals surface area contributed by atoms with Gasteiger partial charge in [0.1, 0.15) is 0 Å². The number of ether oxygens (including phenoxy) is 1. The van der Waals surface area contributed by atoms with Gasteiger partial charge in [-0.05, 0) is 110 Å². The third kappa shape index (κ3) is 3.62. The van der Waals surface area contributed by atoms with E-state index in [0.29, 0.717) is 22.3 Å². The monoisotopic (exact) mass is 416 g/mol. The predicted octanol–water partition coefficient (Wildman–Crippen LogP) is 8.51. The summed E-state index contributed by atoms with van der Waals surface area (Å²) in [5, 5.41) is 0. The Hall–Kier alpha value is -0.0400. The van der Waals surface area contributed by atoms with Gasteiger partial charge in [-0.15, -0.1) is 0 Å². The van der Waals surface area contributed by atoms with Crippen molar-refractivity contribution in [3.05, 3.63) is 0 Å². The molecule has 4 aliphatic rings. The van der Waals surface area contributed by atoms with E-state index < -0.39 is 0 Å². The van der Waals surface area contributed by atoms with Crippen LogP contribution in [-0.2, 0) is 4.74 Å². The van der Waals surface area contributed by atoms with Gasteiger partial charge in [-0.2, -0.15) is 0 Å². The van der Waals surface area contributed by atoms with Gasteiger partial charge in [0, 0.05) is 7.11 Å². The highest BCUT2D eigenvalue weighted by molar-refractivity contribution is 5.12. The molecule has 4 fully saturated rings. The topological polar surface area (TPSA) is 9.23 Å². The van der Waals surface area contributed by atoms with E-state index in [1.807, 2.05) is 7.11 Å². The lowest BCUT2D eigenvalue weighted by Gasteiger charge is -2.65. The molecule has 9 unspecified atom stereocenters. The highest BCUT2D eigenvalue weighted by Crippen LogP contribution is 2.71. The largest absolute Gasteiger partial charge is 0.381 e. The Labute approximate surface area is 188 Å². The van der Waals surface area contributed by atoms with Crippen LogP contribution in [0.5, 0.6) is 0 Å². The second-order valence-corrected chi connectivity index (χ2v) is 13.5. The predicted molar refractivity (Wildman–Crippen MR) is 128 cm³/mol. The second kappa shape index (κ2) is 8.39. The maximum absolute atomic E-state index is 5.86. The molecule has 0 heterocycles. The van der Waals surface area contributed by atoms with Crippen LogP contribution in [0, 0.1) is 51.8 Å². The van der Waals surface area contributed by atoms with Crippen molar-refractivity contribution < 1.29 is 4.74 Å². The van der Waals surface area contributed by atoms with Crippen molar-refractivity contribution >= 4 is 0 Å². The minimum atomic E-state index is 0.503. The van der Waals surface area contributed by atoms with Crippen molar-refractivity contribution in [2.75, 3.05) is 7.11 Å². The second-order valence-electron chi connectivity index (χ2n) is 13.5. The molecule has 174 valence electrons. The van der Waals surface area contributed by atoms with Crippen LogP contribution in [0.1, 0.15) is 119 Å². The lowest BCUT2D eigenvalue weighted by Crippen LogP contribution is -2.58. The Kier molecular flexibility index (Phi) is 6.47. The molecule has 9 atom stereocenters. The third-order valence-corrected chi connectivity index (χ3v) is 11.9. The van der Waals surface area contributed by atoms with Gasteiger partial charge < -0.3 is 4.74 Å². The molecular weight excluding hydrogens is 364 g/mol. The van der Waals surface area contributed by atoms with Crippen molar-refractivity contribution in [3.8, 4) is 0 Å². The standard InChI is InChI=1S/C29H52O/c1-20(2)9-8-10-21(3)24-11-12-25-23-14-16-27(4)19-22(30-7)13-18-29(27,6)26(23)15-17-28(24,25)5/h20-26H,8-19H2,1-7H3. The van der Waals surface area contributed by atoms with E-state index in [0.717, 1.165) is 35.5 Å². The summed E-state index contributed by atoms with van der Waals surface area (Å²) in [6.45, 7) is 15.5. The first-order valence-corrected chi connectivity index (χ1v) is 13.7. The van der Waals surface area contributed by atoms with Gasteiger partial charge in [-0.3, -0.25) is 0 Å².